The number of nitrogens with one attached hydrogen (secondary N) is 1. The number of amides is 3. The molecule has 0 aromatic carbocycles. The van der Waals surface area contributed by atoms with Crippen molar-refractivity contribution in [3.05, 3.63) is 0 Å². The molecule has 2 N–H and O–H groups in total. The molecule has 0 aromatic heterocycles. The second-order valence-electron chi connectivity index (χ2n) is 6.20. The van der Waals surface area contributed by atoms with Gasteiger partial charge in [0, 0.05) is 32.1 Å². The number of fused-ring (bicyclic) bond motifs is 1. The minimum Gasteiger partial charge on any atom is -0.480 e. The minimum absolute atomic E-state index is 0.0883. The number of hydrogen-bond donors (Lipinski definition) is 2. The van der Waals surface area contributed by atoms with Crippen LogP contribution in [0.25, 0.3) is 0 Å². The van der Waals surface area contributed by atoms with Gasteiger partial charge in [-0.05, 0) is 18.8 Å². The van der Waals surface area contributed by atoms with Crippen molar-refractivity contribution in [1.29, 1.82) is 0 Å². The average molecular weight is 297 g/mol. The van der Waals surface area contributed by atoms with Gasteiger partial charge in [0.05, 0.1) is 0 Å². The largest absolute Gasteiger partial charge is 0.480 e. The van der Waals surface area contributed by atoms with Gasteiger partial charge in [-0.1, -0.05) is 13.8 Å². The lowest BCUT2D eigenvalue weighted by Crippen LogP contribution is -2.57. The van der Waals surface area contributed by atoms with Gasteiger partial charge in [-0.25, -0.2) is 9.59 Å². The highest BCUT2D eigenvalue weighted by Crippen LogP contribution is 2.22. The molecule has 2 heterocycles. The topological polar surface area (TPSA) is 90.0 Å². The summed E-state index contributed by atoms with van der Waals surface area (Å²) in [4.78, 5) is 38.5. The van der Waals surface area contributed by atoms with Crippen LogP contribution in [0.4, 0.5) is 4.79 Å². The summed E-state index contributed by atoms with van der Waals surface area (Å²) in [6.07, 6.45) is 1.73. The number of carboxylic acid groups (broad SMARTS) is 1. The number of hydrogen-bond acceptors (Lipinski definition) is 3. The van der Waals surface area contributed by atoms with Crippen LogP contribution >= 0.6 is 0 Å². The summed E-state index contributed by atoms with van der Waals surface area (Å²) in [5, 5.41) is 11.8. The highest BCUT2D eigenvalue weighted by molar-refractivity contribution is 5.83. The molecule has 7 nitrogen and oxygen atoms in total. The first-order valence-electron chi connectivity index (χ1n) is 7.46. The van der Waals surface area contributed by atoms with Crippen LogP contribution in [0.2, 0.25) is 0 Å². The molecule has 2 aliphatic rings. The molecule has 0 spiro atoms. The maximum Gasteiger partial charge on any atom is 0.326 e. The molecule has 3 amide bonds. The van der Waals surface area contributed by atoms with Gasteiger partial charge in [-0.3, -0.25) is 4.79 Å². The number of nitrogens with zero attached hydrogens (tertiary/aromatic N) is 2. The first kappa shape index (κ1) is 15.6. The van der Waals surface area contributed by atoms with E-state index in [9.17, 15) is 14.4 Å². The van der Waals surface area contributed by atoms with E-state index in [1.807, 2.05) is 18.7 Å². The van der Waals surface area contributed by atoms with Crippen molar-refractivity contribution in [3.63, 3.8) is 0 Å². The number of rotatable bonds is 4. The van der Waals surface area contributed by atoms with Gasteiger partial charge in [0.2, 0.25) is 5.91 Å². The Hall–Kier alpha value is -1.79. The van der Waals surface area contributed by atoms with Crippen molar-refractivity contribution in [2.45, 2.75) is 45.2 Å². The molecule has 0 aliphatic carbocycles. The minimum atomic E-state index is -1.01. The van der Waals surface area contributed by atoms with E-state index in [4.69, 9.17) is 5.11 Å². The van der Waals surface area contributed by atoms with Crippen LogP contribution in [-0.2, 0) is 9.59 Å². The van der Waals surface area contributed by atoms with Gasteiger partial charge in [0.25, 0.3) is 0 Å². The van der Waals surface area contributed by atoms with E-state index in [1.165, 1.54) is 0 Å². The van der Waals surface area contributed by atoms with E-state index in [0.717, 1.165) is 6.42 Å². The number of aliphatic carboxylic acids is 1. The zero-order chi connectivity index (χ0) is 15.6. The van der Waals surface area contributed by atoms with E-state index in [0.29, 0.717) is 32.5 Å². The van der Waals surface area contributed by atoms with Crippen molar-refractivity contribution in [3.8, 4) is 0 Å². The Kier molecular flexibility index (Phi) is 4.69. The summed E-state index contributed by atoms with van der Waals surface area (Å²) in [5.74, 6) is -0.661. The predicted octanol–water partition coefficient (Wildman–Crippen LogP) is 0.502. The van der Waals surface area contributed by atoms with Crippen molar-refractivity contribution >= 4 is 17.9 Å². The molecule has 0 radical (unpaired) electrons. The van der Waals surface area contributed by atoms with Gasteiger partial charge in [0.1, 0.15) is 6.04 Å². The van der Waals surface area contributed by atoms with Gasteiger partial charge < -0.3 is 20.2 Å². The van der Waals surface area contributed by atoms with Crippen LogP contribution in [0.1, 0.15) is 33.1 Å². The van der Waals surface area contributed by atoms with Crippen molar-refractivity contribution in [1.82, 2.24) is 15.1 Å². The second kappa shape index (κ2) is 6.32. The zero-order valence-electron chi connectivity index (χ0n) is 12.5. The van der Waals surface area contributed by atoms with Crippen molar-refractivity contribution in [2.75, 3.05) is 19.6 Å². The van der Waals surface area contributed by atoms with E-state index in [1.54, 1.807) is 4.90 Å². The van der Waals surface area contributed by atoms with Gasteiger partial charge >= 0.3 is 12.0 Å². The fourth-order valence-electron chi connectivity index (χ4n) is 2.98. The normalized spacial score (nSPS) is 23.2. The first-order valence-corrected chi connectivity index (χ1v) is 7.46. The third-order valence-electron chi connectivity index (χ3n) is 4.08. The Morgan fingerprint density at radius 2 is 2.10 bits per heavy atom. The van der Waals surface area contributed by atoms with Crippen LogP contribution < -0.4 is 5.32 Å². The van der Waals surface area contributed by atoms with Gasteiger partial charge in [0.15, 0.2) is 0 Å². The third-order valence-corrected chi connectivity index (χ3v) is 4.08. The molecule has 0 saturated carbocycles. The number of urea groups is 1. The van der Waals surface area contributed by atoms with Gasteiger partial charge in [-0.2, -0.15) is 0 Å². The molecule has 118 valence electrons. The summed E-state index contributed by atoms with van der Waals surface area (Å²) in [6.45, 7) is 5.34. The van der Waals surface area contributed by atoms with Gasteiger partial charge in [-0.15, -0.1) is 0 Å². The highest BCUT2D eigenvalue weighted by atomic mass is 16.4. The fraction of sp³-hybridized carbons (Fsp3) is 0.786. The molecule has 7 heteroatoms. The fourth-order valence-corrected chi connectivity index (χ4v) is 2.98. The Bertz CT molecular complexity index is 438. The SMILES string of the molecule is CC(C)CC(NC(=O)N1CCN2C(=O)CCC2C1)C(=O)O. The summed E-state index contributed by atoms with van der Waals surface area (Å²) >= 11 is 0. The number of carbonyl (C=O) groups is 3. The summed E-state index contributed by atoms with van der Waals surface area (Å²) in [7, 11) is 0. The maximum atomic E-state index is 12.2. The molecule has 21 heavy (non-hydrogen) atoms. The molecule has 2 saturated heterocycles. The summed E-state index contributed by atoms with van der Waals surface area (Å²) in [6, 6.07) is -1.12. The monoisotopic (exact) mass is 297 g/mol. The van der Waals surface area contributed by atoms with Crippen molar-refractivity contribution in [2.24, 2.45) is 5.92 Å². The van der Waals surface area contributed by atoms with Crippen LogP contribution in [-0.4, -0.2) is 64.5 Å². The van der Waals surface area contributed by atoms with E-state index in [2.05, 4.69) is 5.32 Å². The molecule has 2 aliphatic heterocycles. The Morgan fingerprint density at radius 3 is 2.71 bits per heavy atom. The van der Waals surface area contributed by atoms with E-state index in [-0.39, 0.29) is 23.9 Å². The van der Waals surface area contributed by atoms with E-state index < -0.39 is 12.0 Å². The maximum absolute atomic E-state index is 12.2. The Balaban J connectivity index is 1.91. The highest BCUT2D eigenvalue weighted by Gasteiger charge is 2.37. The lowest BCUT2D eigenvalue weighted by molar-refractivity contribution is -0.139. The summed E-state index contributed by atoms with van der Waals surface area (Å²) < 4.78 is 0. The molecule has 2 rings (SSSR count). The number of carboxylic acids is 1. The Labute approximate surface area is 124 Å². The van der Waals surface area contributed by atoms with E-state index >= 15 is 0 Å². The number of carbonyl (C=O) groups excluding carboxylic acids is 2. The molecule has 2 fully saturated rings. The van der Waals surface area contributed by atoms with Crippen LogP contribution in [0.15, 0.2) is 0 Å². The molecule has 2 atom stereocenters. The first-order chi connectivity index (χ1) is 9.88. The lowest BCUT2D eigenvalue weighted by atomic mass is 10.0. The smallest absolute Gasteiger partial charge is 0.326 e. The predicted molar refractivity (Wildman–Crippen MR) is 75.7 cm³/mol. The molecular weight excluding hydrogens is 274 g/mol. The second-order valence-corrected chi connectivity index (χ2v) is 6.20. The molecule has 0 bridgehead atoms. The zero-order valence-corrected chi connectivity index (χ0v) is 12.5. The molecule has 2 unspecified atom stereocenters. The summed E-state index contributed by atoms with van der Waals surface area (Å²) in [5.41, 5.74) is 0. The molecule has 0 aromatic rings. The molecular formula is C14H23N3O4. The van der Waals surface area contributed by atoms with Crippen molar-refractivity contribution < 1.29 is 19.5 Å². The lowest BCUT2D eigenvalue weighted by Gasteiger charge is -2.37. The van der Waals surface area contributed by atoms with Crippen LogP contribution in [0.5, 0.6) is 0 Å². The Morgan fingerprint density at radius 1 is 1.38 bits per heavy atom. The third kappa shape index (κ3) is 3.65. The standard InChI is InChI=1S/C14H23N3O4/c1-9(2)7-11(13(19)20)15-14(21)16-5-6-17-10(8-16)3-4-12(17)18/h9-11H,3-8H2,1-2H3,(H,15,21)(H,19,20). The quantitative estimate of drug-likeness (QED) is 0.791. The van der Waals surface area contributed by atoms with Crippen LogP contribution in [0, 0.1) is 5.92 Å². The van der Waals surface area contributed by atoms with Crippen LogP contribution in [0.3, 0.4) is 0 Å². The number of piperazine rings is 1. The average Bonchev–Trinajstić information content (AvgIpc) is 2.78.